The molecule has 2 rings (SSSR count). The largest absolute Gasteiger partial charge is 0.418 e. The van der Waals surface area contributed by atoms with Crippen LogP contribution in [0.2, 0.25) is 5.02 Å². The minimum absolute atomic E-state index is 0.0312. The van der Waals surface area contributed by atoms with Crippen LogP contribution in [0.5, 0.6) is 0 Å². The molecule has 0 bridgehead atoms. The number of hydrogen-bond acceptors (Lipinski definition) is 1. The summed E-state index contributed by atoms with van der Waals surface area (Å²) < 4.78 is 38.3. The van der Waals surface area contributed by atoms with E-state index in [9.17, 15) is 18.0 Å². The Balaban J connectivity index is 2.07. The average molecular weight is 293 g/mol. The summed E-state index contributed by atoms with van der Waals surface area (Å²) >= 11 is 5.54. The molecule has 0 unspecified atom stereocenters. The molecule has 1 aromatic carbocycles. The van der Waals surface area contributed by atoms with Gasteiger partial charge < -0.3 is 10.6 Å². The van der Waals surface area contributed by atoms with Gasteiger partial charge in [-0.05, 0) is 37.0 Å². The first-order valence-electron chi connectivity index (χ1n) is 5.78. The summed E-state index contributed by atoms with van der Waals surface area (Å²) in [5.41, 5.74) is -1.26. The molecular weight excluding hydrogens is 281 g/mol. The Hall–Kier alpha value is -1.43. The lowest BCUT2D eigenvalue weighted by Crippen LogP contribution is -2.31. The molecule has 0 heterocycles. The van der Waals surface area contributed by atoms with Gasteiger partial charge in [0, 0.05) is 11.6 Å². The van der Waals surface area contributed by atoms with Crippen molar-refractivity contribution in [2.45, 2.75) is 19.0 Å². The third kappa shape index (κ3) is 4.02. The zero-order valence-corrected chi connectivity index (χ0v) is 10.6. The molecule has 0 saturated heterocycles. The molecule has 1 aromatic rings. The maximum absolute atomic E-state index is 12.8. The van der Waals surface area contributed by atoms with Crippen molar-refractivity contribution in [3.05, 3.63) is 28.8 Å². The second-order valence-electron chi connectivity index (χ2n) is 4.47. The fourth-order valence-electron chi connectivity index (χ4n) is 1.59. The molecule has 1 aliphatic carbocycles. The van der Waals surface area contributed by atoms with Crippen molar-refractivity contribution in [3.63, 3.8) is 0 Å². The number of carbonyl (C=O) groups excluding carboxylic acids is 1. The number of anilines is 1. The third-order valence-electron chi connectivity index (χ3n) is 2.78. The van der Waals surface area contributed by atoms with E-state index in [1.807, 2.05) is 0 Å². The molecule has 3 nitrogen and oxygen atoms in total. The molecule has 1 fully saturated rings. The highest BCUT2D eigenvalue weighted by molar-refractivity contribution is 6.30. The Morgan fingerprint density at radius 1 is 1.37 bits per heavy atom. The molecule has 104 valence electrons. The van der Waals surface area contributed by atoms with Gasteiger partial charge in [-0.3, -0.25) is 0 Å². The fourth-order valence-corrected chi connectivity index (χ4v) is 1.76. The van der Waals surface area contributed by atoms with Crippen molar-refractivity contribution in [1.82, 2.24) is 5.32 Å². The maximum atomic E-state index is 12.8. The van der Waals surface area contributed by atoms with E-state index in [2.05, 4.69) is 10.6 Å². The highest BCUT2D eigenvalue weighted by Crippen LogP contribution is 2.36. The summed E-state index contributed by atoms with van der Waals surface area (Å²) in [6, 6.07) is 2.59. The number of amides is 2. The smallest absolute Gasteiger partial charge is 0.338 e. The van der Waals surface area contributed by atoms with Crippen LogP contribution in [0.1, 0.15) is 18.4 Å². The minimum Gasteiger partial charge on any atom is -0.338 e. The third-order valence-corrected chi connectivity index (χ3v) is 3.02. The molecular formula is C12H12ClF3N2O. The Morgan fingerprint density at radius 2 is 2.05 bits per heavy atom. The van der Waals surface area contributed by atoms with Crippen LogP contribution in [0.25, 0.3) is 0 Å². The van der Waals surface area contributed by atoms with Crippen molar-refractivity contribution >= 4 is 23.3 Å². The normalized spacial score (nSPS) is 15.2. The molecule has 0 aromatic heterocycles. The molecule has 0 spiro atoms. The number of nitrogens with one attached hydrogen (secondary N) is 2. The molecule has 1 saturated carbocycles. The molecule has 2 N–H and O–H groups in total. The summed E-state index contributed by atoms with van der Waals surface area (Å²) in [7, 11) is 0. The van der Waals surface area contributed by atoms with E-state index in [0.29, 0.717) is 12.5 Å². The molecule has 0 aliphatic heterocycles. The van der Waals surface area contributed by atoms with Crippen LogP contribution in [0, 0.1) is 5.92 Å². The molecule has 7 heteroatoms. The van der Waals surface area contributed by atoms with Gasteiger partial charge in [0.15, 0.2) is 0 Å². The quantitative estimate of drug-likeness (QED) is 0.872. The average Bonchev–Trinajstić information content (AvgIpc) is 3.11. The Kier molecular flexibility index (Phi) is 3.89. The Morgan fingerprint density at radius 3 is 2.63 bits per heavy atom. The van der Waals surface area contributed by atoms with Crippen LogP contribution in [0.15, 0.2) is 18.2 Å². The summed E-state index contributed by atoms with van der Waals surface area (Å²) in [5.74, 6) is 0.457. The van der Waals surface area contributed by atoms with E-state index in [4.69, 9.17) is 11.6 Å². The van der Waals surface area contributed by atoms with Crippen LogP contribution in [0.3, 0.4) is 0 Å². The second kappa shape index (κ2) is 5.28. The second-order valence-corrected chi connectivity index (χ2v) is 4.90. The fraction of sp³-hybridized carbons (Fsp3) is 0.417. The Bertz CT molecular complexity index is 486. The highest BCUT2D eigenvalue weighted by atomic mass is 35.5. The lowest BCUT2D eigenvalue weighted by atomic mass is 10.1. The van der Waals surface area contributed by atoms with Crippen LogP contribution >= 0.6 is 11.6 Å². The first-order valence-corrected chi connectivity index (χ1v) is 6.15. The maximum Gasteiger partial charge on any atom is 0.418 e. The number of hydrogen-bond donors (Lipinski definition) is 2. The summed E-state index contributed by atoms with van der Waals surface area (Å²) in [5, 5.41) is 4.70. The first kappa shape index (κ1) is 14.0. The monoisotopic (exact) mass is 292 g/mol. The summed E-state index contributed by atoms with van der Waals surface area (Å²) in [6.45, 7) is 0.487. The van der Waals surface area contributed by atoms with Crippen molar-refractivity contribution in [2.24, 2.45) is 5.92 Å². The van der Waals surface area contributed by atoms with Gasteiger partial charge >= 0.3 is 12.2 Å². The predicted molar refractivity (Wildman–Crippen MR) is 66.2 cm³/mol. The van der Waals surface area contributed by atoms with Gasteiger partial charge in [-0.25, -0.2) is 4.79 Å². The van der Waals surface area contributed by atoms with E-state index in [-0.39, 0.29) is 10.7 Å². The van der Waals surface area contributed by atoms with Gasteiger partial charge in [0.05, 0.1) is 11.3 Å². The molecule has 2 amide bonds. The molecule has 1 aliphatic rings. The van der Waals surface area contributed by atoms with Crippen molar-refractivity contribution in [1.29, 1.82) is 0 Å². The lowest BCUT2D eigenvalue weighted by molar-refractivity contribution is -0.136. The summed E-state index contributed by atoms with van der Waals surface area (Å²) in [4.78, 5) is 11.5. The zero-order valence-electron chi connectivity index (χ0n) is 9.85. The topological polar surface area (TPSA) is 41.1 Å². The number of urea groups is 1. The van der Waals surface area contributed by atoms with Crippen LogP contribution in [-0.4, -0.2) is 12.6 Å². The van der Waals surface area contributed by atoms with E-state index in [0.717, 1.165) is 25.0 Å². The first-order chi connectivity index (χ1) is 8.86. The van der Waals surface area contributed by atoms with Crippen molar-refractivity contribution < 1.29 is 18.0 Å². The minimum atomic E-state index is -4.57. The standard InChI is InChI=1S/C12H12ClF3N2O/c13-8-3-4-10(9(5-8)12(14,15)16)18-11(19)17-6-7-1-2-7/h3-5,7H,1-2,6H2,(H2,17,18,19). The highest BCUT2D eigenvalue weighted by Gasteiger charge is 2.34. The van der Waals surface area contributed by atoms with Crippen molar-refractivity contribution in [2.75, 3.05) is 11.9 Å². The molecule has 0 atom stereocenters. The number of benzene rings is 1. The van der Waals surface area contributed by atoms with Gasteiger partial charge in [0.2, 0.25) is 0 Å². The lowest BCUT2D eigenvalue weighted by Gasteiger charge is -2.14. The van der Waals surface area contributed by atoms with Gasteiger partial charge in [0.1, 0.15) is 0 Å². The van der Waals surface area contributed by atoms with Crippen LogP contribution in [-0.2, 0) is 6.18 Å². The zero-order chi connectivity index (χ0) is 14.0. The molecule has 19 heavy (non-hydrogen) atoms. The number of rotatable bonds is 3. The summed E-state index contributed by atoms with van der Waals surface area (Å²) in [6.07, 6.45) is -2.46. The predicted octanol–water partition coefficient (Wildman–Crippen LogP) is 3.89. The van der Waals surface area contributed by atoms with Gasteiger partial charge in [-0.15, -0.1) is 0 Å². The number of alkyl halides is 3. The van der Waals surface area contributed by atoms with E-state index < -0.39 is 17.8 Å². The van der Waals surface area contributed by atoms with E-state index >= 15 is 0 Å². The van der Waals surface area contributed by atoms with Gasteiger partial charge in [0.25, 0.3) is 0 Å². The van der Waals surface area contributed by atoms with E-state index in [1.54, 1.807) is 0 Å². The van der Waals surface area contributed by atoms with E-state index in [1.165, 1.54) is 6.07 Å². The number of halogens is 4. The molecule has 0 radical (unpaired) electrons. The number of carbonyl (C=O) groups is 1. The van der Waals surface area contributed by atoms with Gasteiger partial charge in [-0.2, -0.15) is 13.2 Å². The van der Waals surface area contributed by atoms with Gasteiger partial charge in [-0.1, -0.05) is 11.6 Å². The SMILES string of the molecule is O=C(NCC1CC1)Nc1ccc(Cl)cc1C(F)(F)F. The van der Waals surface area contributed by atoms with Crippen LogP contribution < -0.4 is 10.6 Å². The van der Waals surface area contributed by atoms with Crippen LogP contribution in [0.4, 0.5) is 23.7 Å². The van der Waals surface area contributed by atoms with Crippen molar-refractivity contribution in [3.8, 4) is 0 Å². The Labute approximate surface area is 113 Å².